The molecule has 2 atom stereocenters. The second-order valence-electron chi connectivity index (χ2n) is 6.95. The lowest BCUT2D eigenvalue weighted by Gasteiger charge is -2.36. The Hall–Kier alpha value is -2.08. The van der Waals surface area contributed by atoms with Gasteiger partial charge in [0.2, 0.25) is 11.8 Å². The third kappa shape index (κ3) is 4.31. The second-order valence-corrected chi connectivity index (χ2v) is 6.95. The van der Waals surface area contributed by atoms with Crippen LogP contribution in [0.5, 0.6) is 0 Å². The number of hydrogen-bond acceptors (Lipinski definition) is 4. The Bertz CT molecular complexity index is 584. The minimum atomic E-state index is -0.0206. The van der Waals surface area contributed by atoms with Crippen LogP contribution in [-0.4, -0.2) is 56.0 Å². The molecule has 2 fully saturated rings. The molecule has 1 saturated heterocycles. The third-order valence-electron chi connectivity index (χ3n) is 5.47. The molecule has 3 N–H and O–H groups in total. The van der Waals surface area contributed by atoms with Gasteiger partial charge in [-0.1, -0.05) is 24.6 Å². The first-order valence-electron chi connectivity index (χ1n) is 9.24. The summed E-state index contributed by atoms with van der Waals surface area (Å²) in [6, 6.07) is 10.2. The fraction of sp³-hybridized carbons (Fsp3) is 0.579. The number of carbonyl (C=O) groups is 2. The summed E-state index contributed by atoms with van der Waals surface area (Å²) in [6.45, 7) is 3.67. The van der Waals surface area contributed by atoms with Crippen molar-refractivity contribution in [2.24, 2.45) is 17.6 Å². The van der Waals surface area contributed by atoms with E-state index in [1.807, 2.05) is 23.1 Å². The number of carbonyl (C=O) groups excluding carboxylic acids is 2. The fourth-order valence-corrected chi connectivity index (χ4v) is 3.92. The molecule has 3 rings (SSSR count). The lowest BCUT2D eigenvalue weighted by atomic mass is 9.95. The lowest BCUT2D eigenvalue weighted by Crippen LogP contribution is -2.51. The largest absolute Gasteiger partial charge is 0.368 e. The smallest absolute Gasteiger partial charge is 0.242 e. The van der Waals surface area contributed by atoms with Crippen LogP contribution in [0.1, 0.15) is 19.3 Å². The average molecular weight is 344 g/mol. The van der Waals surface area contributed by atoms with Crippen molar-refractivity contribution in [2.45, 2.75) is 19.3 Å². The molecule has 1 aliphatic carbocycles. The lowest BCUT2D eigenvalue weighted by molar-refractivity contribution is -0.134. The summed E-state index contributed by atoms with van der Waals surface area (Å²) < 4.78 is 0. The molecule has 1 heterocycles. The predicted octanol–water partition coefficient (Wildman–Crippen LogP) is 0.826. The molecule has 2 aliphatic rings. The highest BCUT2D eigenvalue weighted by Gasteiger charge is 2.32. The van der Waals surface area contributed by atoms with Crippen molar-refractivity contribution in [1.82, 2.24) is 10.2 Å². The summed E-state index contributed by atoms with van der Waals surface area (Å²) >= 11 is 0. The van der Waals surface area contributed by atoms with Crippen molar-refractivity contribution in [2.75, 3.05) is 44.2 Å². The van der Waals surface area contributed by atoms with Crippen molar-refractivity contribution in [1.29, 1.82) is 0 Å². The molecule has 0 unspecified atom stereocenters. The number of para-hydroxylation sites is 1. The molecule has 1 saturated carbocycles. The Morgan fingerprint density at radius 1 is 1.08 bits per heavy atom. The molecular weight excluding hydrogens is 316 g/mol. The van der Waals surface area contributed by atoms with Crippen molar-refractivity contribution >= 4 is 17.5 Å². The summed E-state index contributed by atoms with van der Waals surface area (Å²) in [5.74, 6) is 0.241. The van der Waals surface area contributed by atoms with Gasteiger partial charge in [0, 0.05) is 37.8 Å². The molecule has 1 aromatic carbocycles. The first-order valence-corrected chi connectivity index (χ1v) is 9.24. The van der Waals surface area contributed by atoms with E-state index in [-0.39, 0.29) is 30.2 Å². The SMILES string of the molecule is NC[C@H]1CCC[C@H]1C(=O)NCC(=O)N1CCN(c2ccccc2)CC1. The zero-order chi connectivity index (χ0) is 17.6. The minimum absolute atomic E-state index is 0.00311. The van der Waals surface area contributed by atoms with Gasteiger partial charge in [0.25, 0.3) is 0 Å². The predicted molar refractivity (Wildman–Crippen MR) is 98.1 cm³/mol. The maximum absolute atomic E-state index is 12.4. The topological polar surface area (TPSA) is 78.7 Å². The van der Waals surface area contributed by atoms with Crippen molar-refractivity contribution in [3.63, 3.8) is 0 Å². The van der Waals surface area contributed by atoms with E-state index in [9.17, 15) is 9.59 Å². The standard InChI is InChI=1S/C19H28N4O2/c20-13-15-5-4-8-17(15)19(25)21-14-18(24)23-11-9-22(10-12-23)16-6-2-1-3-7-16/h1-3,6-7,15,17H,4-5,8-14,20H2,(H,21,25)/t15-,17-/m1/s1. The van der Waals surface area contributed by atoms with Crippen molar-refractivity contribution < 1.29 is 9.59 Å². The Kier molecular flexibility index (Phi) is 5.91. The Morgan fingerprint density at radius 3 is 2.48 bits per heavy atom. The molecule has 6 nitrogen and oxygen atoms in total. The fourth-order valence-electron chi connectivity index (χ4n) is 3.92. The first-order chi connectivity index (χ1) is 12.2. The van der Waals surface area contributed by atoms with E-state index in [0.717, 1.165) is 32.4 Å². The number of anilines is 1. The van der Waals surface area contributed by atoms with Gasteiger partial charge in [0.1, 0.15) is 0 Å². The van der Waals surface area contributed by atoms with Crippen LogP contribution in [0.25, 0.3) is 0 Å². The van der Waals surface area contributed by atoms with Crippen molar-refractivity contribution in [3.05, 3.63) is 30.3 Å². The van der Waals surface area contributed by atoms with E-state index >= 15 is 0 Å². The van der Waals surface area contributed by atoms with Crippen LogP contribution in [0.4, 0.5) is 5.69 Å². The highest BCUT2D eigenvalue weighted by atomic mass is 16.2. The number of nitrogens with one attached hydrogen (secondary N) is 1. The monoisotopic (exact) mass is 344 g/mol. The molecule has 0 aromatic heterocycles. The van der Waals surface area contributed by atoms with E-state index in [1.165, 1.54) is 5.69 Å². The number of nitrogens with zero attached hydrogens (tertiary/aromatic N) is 2. The highest BCUT2D eigenvalue weighted by molar-refractivity contribution is 5.86. The Labute approximate surface area is 149 Å². The number of benzene rings is 1. The summed E-state index contributed by atoms with van der Waals surface area (Å²) in [6.07, 6.45) is 2.96. The maximum atomic E-state index is 12.4. The zero-order valence-corrected chi connectivity index (χ0v) is 14.7. The van der Waals surface area contributed by atoms with Crippen LogP contribution in [0, 0.1) is 11.8 Å². The highest BCUT2D eigenvalue weighted by Crippen LogP contribution is 2.30. The molecule has 2 amide bonds. The molecule has 0 radical (unpaired) electrons. The van der Waals surface area contributed by atoms with E-state index < -0.39 is 0 Å². The number of amides is 2. The van der Waals surface area contributed by atoms with Gasteiger partial charge in [-0.15, -0.1) is 0 Å². The number of hydrogen-bond donors (Lipinski definition) is 2. The summed E-state index contributed by atoms with van der Waals surface area (Å²) in [4.78, 5) is 28.8. The normalized spacial score (nSPS) is 23.6. The van der Waals surface area contributed by atoms with Gasteiger partial charge >= 0.3 is 0 Å². The summed E-state index contributed by atoms with van der Waals surface area (Å²) in [5.41, 5.74) is 6.93. The molecule has 6 heteroatoms. The van der Waals surface area contributed by atoms with Gasteiger partial charge in [-0.3, -0.25) is 9.59 Å². The maximum Gasteiger partial charge on any atom is 0.242 e. The Balaban J connectivity index is 1.43. The van der Waals surface area contributed by atoms with E-state index in [2.05, 4.69) is 22.3 Å². The number of piperazine rings is 1. The van der Waals surface area contributed by atoms with Crippen LogP contribution in [0.3, 0.4) is 0 Å². The van der Waals surface area contributed by atoms with Gasteiger partial charge in [0.05, 0.1) is 6.54 Å². The van der Waals surface area contributed by atoms with Crippen LogP contribution >= 0.6 is 0 Å². The van der Waals surface area contributed by atoms with Gasteiger partial charge in [-0.05, 0) is 37.4 Å². The zero-order valence-electron chi connectivity index (χ0n) is 14.7. The van der Waals surface area contributed by atoms with Crippen LogP contribution in [0.15, 0.2) is 30.3 Å². The molecule has 1 aliphatic heterocycles. The number of rotatable bonds is 5. The van der Waals surface area contributed by atoms with E-state index in [4.69, 9.17) is 5.73 Å². The summed E-state index contributed by atoms with van der Waals surface area (Å²) in [7, 11) is 0. The van der Waals surface area contributed by atoms with Crippen LogP contribution in [-0.2, 0) is 9.59 Å². The van der Waals surface area contributed by atoms with E-state index in [1.54, 1.807) is 0 Å². The molecule has 25 heavy (non-hydrogen) atoms. The molecule has 136 valence electrons. The van der Waals surface area contributed by atoms with Gasteiger partial charge < -0.3 is 20.9 Å². The van der Waals surface area contributed by atoms with Crippen molar-refractivity contribution in [3.8, 4) is 0 Å². The average Bonchev–Trinajstić information content (AvgIpc) is 3.15. The quantitative estimate of drug-likeness (QED) is 0.829. The molecule has 0 spiro atoms. The van der Waals surface area contributed by atoms with Gasteiger partial charge in [-0.25, -0.2) is 0 Å². The van der Waals surface area contributed by atoms with Gasteiger partial charge in [0.15, 0.2) is 0 Å². The molecular formula is C19H28N4O2. The van der Waals surface area contributed by atoms with Crippen LogP contribution in [0.2, 0.25) is 0 Å². The molecule has 0 bridgehead atoms. The van der Waals surface area contributed by atoms with Crippen LogP contribution < -0.4 is 16.0 Å². The molecule has 1 aromatic rings. The minimum Gasteiger partial charge on any atom is -0.368 e. The summed E-state index contributed by atoms with van der Waals surface area (Å²) in [5, 5.41) is 2.83. The third-order valence-corrected chi connectivity index (χ3v) is 5.47. The Morgan fingerprint density at radius 2 is 1.80 bits per heavy atom. The van der Waals surface area contributed by atoms with E-state index in [0.29, 0.717) is 19.6 Å². The first kappa shape index (κ1) is 17.7. The van der Waals surface area contributed by atoms with Gasteiger partial charge in [-0.2, -0.15) is 0 Å². The number of nitrogens with two attached hydrogens (primary N) is 1. The second kappa shape index (κ2) is 8.34.